The van der Waals surface area contributed by atoms with Gasteiger partial charge in [-0.25, -0.2) is 9.97 Å². The van der Waals surface area contributed by atoms with Crippen molar-refractivity contribution < 1.29 is 61.8 Å². The van der Waals surface area contributed by atoms with E-state index in [0.29, 0.717) is 28.9 Å². The van der Waals surface area contributed by atoms with E-state index in [0.717, 1.165) is 122 Å². The summed E-state index contributed by atoms with van der Waals surface area (Å²) in [4.78, 5) is 20.0. The molecule has 0 unspecified atom stereocenters. The maximum Gasteiger partial charge on any atom is 0.217 e. The summed E-state index contributed by atoms with van der Waals surface area (Å²) in [7, 11) is 0. The van der Waals surface area contributed by atoms with Gasteiger partial charge in [0.15, 0.2) is 0 Å². The molecule has 0 saturated carbocycles. The van der Waals surface area contributed by atoms with Crippen LogP contribution in [0.2, 0.25) is 0 Å². The van der Waals surface area contributed by atoms with Gasteiger partial charge in [-0.2, -0.15) is 0 Å². The van der Waals surface area contributed by atoms with E-state index in [9.17, 15) is 10.2 Å². The summed E-state index contributed by atoms with van der Waals surface area (Å²) in [5, 5.41) is 27.4. The SMILES string of the molecule is CC(C)(C)c1cc(Oc2cc(-c3ccccc3)ccn2)[c-]c(-c2ccc3c4ccccc4n(-c4cc(C(C)(C)C)cc(C(C)(C)C)c4O)c3n2)c1.CC(C)(C)c1cc(Oc2cc(-c3ccccc3)ccn2)[c-]c(-c2nc3c(cc2C(C)(C)C)c2cc(C(C)(C)C)ccc2n3-c2ccccc2O)c1.[Pt].[Pt]. The summed E-state index contributed by atoms with van der Waals surface area (Å²) in [6.07, 6.45) is 3.55. The van der Waals surface area contributed by atoms with Gasteiger partial charge in [0.05, 0.1) is 22.4 Å². The molecule has 0 amide bonds. The molecule has 104 heavy (non-hydrogen) atoms. The van der Waals surface area contributed by atoms with Crippen LogP contribution in [0.3, 0.4) is 0 Å². The molecule has 10 nitrogen and oxygen atoms in total. The van der Waals surface area contributed by atoms with Crippen LogP contribution >= 0.6 is 0 Å². The minimum absolute atomic E-state index is 0. The van der Waals surface area contributed by atoms with Gasteiger partial charge in [0.2, 0.25) is 11.8 Å². The van der Waals surface area contributed by atoms with Crippen molar-refractivity contribution in [1.82, 2.24) is 29.1 Å². The van der Waals surface area contributed by atoms with E-state index >= 15 is 0 Å². The van der Waals surface area contributed by atoms with Gasteiger partial charge < -0.3 is 19.7 Å². The first-order valence-corrected chi connectivity index (χ1v) is 35.3. The number of para-hydroxylation sites is 3. The van der Waals surface area contributed by atoms with Crippen molar-refractivity contribution >= 4 is 43.9 Å². The van der Waals surface area contributed by atoms with Crippen molar-refractivity contribution in [3.05, 3.63) is 264 Å². The minimum atomic E-state index is -0.272. The number of phenolic OH excluding ortho intramolecular Hbond substituents is 2. The van der Waals surface area contributed by atoms with E-state index in [2.05, 4.69) is 265 Å². The zero-order valence-electron chi connectivity index (χ0n) is 62.8. The van der Waals surface area contributed by atoms with Crippen LogP contribution in [0.25, 0.3) is 100 Å². The van der Waals surface area contributed by atoms with Crippen molar-refractivity contribution in [2.24, 2.45) is 0 Å². The van der Waals surface area contributed by atoms with Gasteiger partial charge in [0.1, 0.15) is 22.8 Å². The van der Waals surface area contributed by atoms with Crippen LogP contribution in [0.5, 0.6) is 34.8 Å². The molecule has 0 fully saturated rings. The Kier molecular flexibility index (Phi) is 21.0. The Hall–Kier alpha value is -9.46. The molecule has 6 heterocycles. The van der Waals surface area contributed by atoms with Gasteiger partial charge in [-0.1, -0.05) is 276 Å². The Morgan fingerprint density at radius 3 is 1.38 bits per heavy atom. The molecule has 6 aromatic heterocycles. The van der Waals surface area contributed by atoms with Gasteiger partial charge in [-0.05, 0) is 126 Å². The standard InChI is InChI=1S/2C46H46N3O2.2Pt/c1-44(2,3)32-23-31(24-34(26-32)51-41-25-30(21-22-47-41)29-15-11-10-12-16-29)38-20-19-36-35-17-13-14-18-39(35)49(43(36)48-38)40-28-33(45(4,5)6)27-37(42(40)50)46(7,8)9;1-44(2,3)32-19-20-38-35(27-32)36-28-37(46(7,8)9)42(48-43(36)49(38)39-17-13-14-18-40(39)50)31-23-33(45(4,5)6)26-34(24-31)51-41-25-30(21-22-47-41)29-15-11-10-12-16-29;;/h2*10-23,25-28,50H,1-9H3;;/q2*-1;;. The average Bonchev–Trinajstić information content (AvgIpc) is 1.60. The van der Waals surface area contributed by atoms with Gasteiger partial charge in [0, 0.05) is 105 Å². The van der Waals surface area contributed by atoms with Crippen LogP contribution < -0.4 is 9.47 Å². The zero-order chi connectivity index (χ0) is 72.6. The number of aromatic nitrogens is 6. The molecule has 0 aliphatic carbocycles. The van der Waals surface area contributed by atoms with Gasteiger partial charge in [0.25, 0.3) is 0 Å². The number of aromatic hydroxyl groups is 2. The summed E-state index contributed by atoms with van der Waals surface area (Å²) < 4.78 is 17.2. The number of pyridine rings is 4. The molecule has 0 radical (unpaired) electrons. The summed E-state index contributed by atoms with van der Waals surface area (Å²) in [5.41, 5.74) is 18.0. The number of fused-ring (bicyclic) bond motifs is 6. The molecule has 0 aliphatic heterocycles. The molecule has 0 atom stereocenters. The summed E-state index contributed by atoms with van der Waals surface area (Å²) in [6.45, 7) is 39.6. The maximum atomic E-state index is 12.0. The third-order valence-electron chi connectivity index (χ3n) is 19.1. The van der Waals surface area contributed by atoms with Crippen LogP contribution in [0.15, 0.2) is 219 Å². The van der Waals surface area contributed by atoms with Gasteiger partial charge in [-0.3, -0.25) is 19.1 Å². The Morgan fingerprint density at radius 1 is 0.346 bits per heavy atom. The van der Waals surface area contributed by atoms with Crippen LogP contribution in [0, 0.1) is 12.1 Å². The van der Waals surface area contributed by atoms with Gasteiger partial charge in [-0.15, -0.1) is 34.4 Å². The number of phenols is 2. The second kappa shape index (κ2) is 28.9. The van der Waals surface area contributed by atoms with E-state index in [1.165, 1.54) is 5.56 Å². The van der Waals surface area contributed by atoms with E-state index in [1.54, 1.807) is 18.5 Å². The third kappa shape index (κ3) is 15.7. The fourth-order valence-electron chi connectivity index (χ4n) is 13.2. The summed E-state index contributed by atoms with van der Waals surface area (Å²) >= 11 is 0. The predicted molar refractivity (Wildman–Crippen MR) is 421 cm³/mol. The molecule has 14 rings (SSSR count). The van der Waals surface area contributed by atoms with E-state index in [1.807, 2.05) is 91.0 Å². The predicted octanol–water partition coefficient (Wildman–Crippen LogP) is 24.2. The summed E-state index contributed by atoms with van der Waals surface area (Å²) in [5.74, 6) is 2.61. The monoisotopic (exact) mass is 1730 g/mol. The van der Waals surface area contributed by atoms with Crippen LogP contribution in [-0.4, -0.2) is 39.3 Å². The molecule has 536 valence electrons. The first-order chi connectivity index (χ1) is 48.1. The summed E-state index contributed by atoms with van der Waals surface area (Å²) in [6, 6.07) is 77.1. The van der Waals surface area contributed by atoms with Crippen LogP contribution in [-0.2, 0) is 74.6 Å². The average molecular weight is 1740 g/mol. The van der Waals surface area contributed by atoms with Crippen molar-refractivity contribution in [3.8, 4) is 90.9 Å². The van der Waals surface area contributed by atoms with Crippen LogP contribution in [0.1, 0.15) is 158 Å². The third-order valence-corrected chi connectivity index (χ3v) is 19.1. The first-order valence-electron chi connectivity index (χ1n) is 35.3. The number of nitrogens with zero attached hydrogens (tertiary/aromatic N) is 6. The fourth-order valence-corrected chi connectivity index (χ4v) is 13.2. The number of hydrogen-bond donors (Lipinski definition) is 2. The maximum absolute atomic E-state index is 12.0. The molecule has 8 aromatic carbocycles. The van der Waals surface area contributed by atoms with Crippen molar-refractivity contribution in [3.63, 3.8) is 0 Å². The van der Waals surface area contributed by atoms with E-state index < -0.39 is 0 Å². The molecule has 0 spiro atoms. The van der Waals surface area contributed by atoms with Crippen molar-refractivity contribution in [1.29, 1.82) is 0 Å². The second-order valence-corrected chi connectivity index (χ2v) is 33.1. The first kappa shape index (κ1) is 75.7. The zero-order valence-corrected chi connectivity index (χ0v) is 67.4. The number of rotatable bonds is 10. The Bertz CT molecular complexity index is 5500. The Morgan fingerprint density at radius 2 is 0.827 bits per heavy atom. The minimum Gasteiger partial charge on any atom is -0.506 e. The van der Waals surface area contributed by atoms with Crippen molar-refractivity contribution in [2.45, 2.75) is 157 Å². The van der Waals surface area contributed by atoms with Crippen molar-refractivity contribution in [2.75, 3.05) is 0 Å². The Balaban J connectivity index is 0.000000204. The molecule has 0 bridgehead atoms. The number of benzene rings is 8. The molecular formula is C92H92N6O4Pt2-2. The smallest absolute Gasteiger partial charge is 0.217 e. The normalized spacial score (nSPS) is 12.2. The van der Waals surface area contributed by atoms with Crippen LogP contribution in [0.4, 0.5) is 0 Å². The molecule has 2 N–H and O–H groups in total. The molecular weight excluding hydrogens is 1640 g/mol. The molecule has 0 aliphatic rings. The topological polar surface area (TPSA) is 120 Å². The van der Waals surface area contributed by atoms with E-state index in [-0.39, 0.29) is 86.1 Å². The molecule has 14 aromatic rings. The molecule has 0 saturated heterocycles. The Labute approximate surface area is 642 Å². The van der Waals surface area contributed by atoms with E-state index in [4.69, 9.17) is 19.4 Å². The number of ether oxygens (including phenoxy) is 2. The fraction of sp³-hybridized carbons (Fsp3) is 0.261. The van der Waals surface area contributed by atoms with Gasteiger partial charge >= 0.3 is 0 Å². The largest absolute Gasteiger partial charge is 0.506 e. The quantitative estimate of drug-likeness (QED) is 0.130. The molecule has 12 heteroatoms. The second-order valence-electron chi connectivity index (χ2n) is 33.1. The number of hydrogen-bond acceptors (Lipinski definition) is 8.